The number of carbonyl (C=O) groups excluding carboxylic acids is 2. The van der Waals surface area contributed by atoms with E-state index < -0.39 is 0 Å². The molecule has 0 aromatic heterocycles. The van der Waals surface area contributed by atoms with Gasteiger partial charge in [-0.1, -0.05) is 13.8 Å². The average molecular weight is 268 g/mol. The summed E-state index contributed by atoms with van der Waals surface area (Å²) in [5.41, 5.74) is 0. The predicted molar refractivity (Wildman–Crippen MR) is 71.6 cm³/mol. The van der Waals surface area contributed by atoms with Crippen molar-refractivity contribution in [2.45, 2.75) is 70.2 Å². The minimum Gasteiger partial charge on any atom is -0.381 e. The molecule has 0 aromatic carbocycles. The number of nitrogens with one attached hydrogen (secondary N) is 1. The fourth-order valence-corrected chi connectivity index (χ4v) is 3.27. The van der Waals surface area contributed by atoms with Gasteiger partial charge in [0.2, 0.25) is 11.8 Å². The Balaban J connectivity index is 2.18. The monoisotopic (exact) mass is 268 g/mol. The molecule has 1 heterocycles. The second-order valence-electron chi connectivity index (χ2n) is 5.46. The molecule has 2 fully saturated rings. The zero-order valence-corrected chi connectivity index (χ0v) is 12.0. The van der Waals surface area contributed by atoms with Crippen molar-refractivity contribution in [3.63, 3.8) is 0 Å². The summed E-state index contributed by atoms with van der Waals surface area (Å²) in [5.74, 6) is 0.0746. The van der Waals surface area contributed by atoms with E-state index in [9.17, 15) is 9.59 Å². The van der Waals surface area contributed by atoms with Gasteiger partial charge in [0.15, 0.2) is 0 Å². The van der Waals surface area contributed by atoms with Crippen LogP contribution in [0.25, 0.3) is 0 Å². The van der Waals surface area contributed by atoms with Crippen molar-refractivity contribution in [1.29, 1.82) is 0 Å². The Morgan fingerprint density at radius 1 is 1.26 bits per heavy atom. The first-order valence-electron chi connectivity index (χ1n) is 7.27. The lowest BCUT2D eigenvalue weighted by atomic mass is 10.00. The summed E-state index contributed by atoms with van der Waals surface area (Å²) < 4.78 is 5.38. The van der Waals surface area contributed by atoms with Crippen molar-refractivity contribution < 1.29 is 14.3 Å². The van der Waals surface area contributed by atoms with Crippen molar-refractivity contribution in [3.8, 4) is 0 Å². The third-order valence-corrected chi connectivity index (χ3v) is 4.39. The van der Waals surface area contributed by atoms with E-state index in [1.807, 2.05) is 18.7 Å². The Kier molecular flexibility index (Phi) is 4.45. The number of piperazine rings is 1. The second kappa shape index (κ2) is 5.90. The highest BCUT2D eigenvalue weighted by atomic mass is 16.5. The summed E-state index contributed by atoms with van der Waals surface area (Å²) in [7, 11) is 1.71. The van der Waals surface area contributed by atoms with Crippen LogP contribution in [0, 0.1) is 0 Å². The Morgan fingerprint density at radius 2 is 2.00 bits per heavy atom. The molecule has 2 amide bonds. The van der Waals surface area contributed by atoms with Gasteiger partial charge in [0.05, 0.1) is 6.10 Å². The van der Waals surface area contributed by atoms with E-state index in [1.54, 1.807) is 7.11 Å². The molecule has 1 saturated carbocycles. The molecule has 0 spiro atoms. The normalized spacial score (nSPS) is 35.6. The number of methoxy groups -OCH3 is 1. The van der Waals surface area contributed by atoms with Crippen molar-refractivity contribution in [1.82, 2.24) is 10.2 Å². The fourth-order valence-electron chi connectivity index (χ4n) is 3.27. The minimum atomic E-state index is -0.350. The maximum atomic E-state index is 12.5. The number of hydrogen-bond donors (Lipinski definition) is 1. The zero-order valence-electron chi connectivity index (χ0n) is 12.0. The maximum absolute atomic E-state index is 12.5. The lowest BCUT2D eigenvalue weighted by molar-refractivity contribution is -0.152. The maximum Gasteiger partial charge on any atom is 0.246 e. The highest BCUT2D eigenvalue weighted by Gasteiger charge is 2.44. The summed E-state index contributed by atoms with van der Waals surface area (Å²) in [4.78, 5) is 26.5. The minimum absolute atomic E-state index is 0.00480. The van der Waals surface area contributed by atoms with E-state index in [2.05, 4.69) is 5.32 Å². The van der Waals surface area contributed by atoms with Gasteiger partial charge in [-0.3, -0.25) is 9.59 Å². The first kappa shape index (κ1) is 14.3. The van der Waals surface area contributed by atoms with Crippen LogP contribution >= 0.6 is 0 Å². The molecule has 0 radical (unpaired) electrons. The van der Waals surface area contributed by atoms with Crippen molar-refractivity contribution in [2.24, 2.45) is 0 Å². The highest BCUT2D eigenvalue weighted by molar-refractivity contribution is 5.97. The number of hydrogen-bond acceptors (Lipinski definition) is 3. The first-order valence-corrected chi connectivity index (χ1v) is 7.27. The van der Waals surface area contributed by atoms with E-state index in [0.717, 1.165) is 19.3 Å². The Morgan fingerprint density at radius 3 is 2.53 bits per heavy atom. The molecule has 0 aromatic rings. The van der Waals surface area contributed by atoms with Gasteiger partial charge in [-0.05, 0) is 32.1 Å². The topological polar surface area (TPSA) is 58.6 Å². The summed E-state index contributed by atoms with van der Waals surface area (Å²) in [6.07, 6.45) is 4.30. The van der Waals surface area contributed by atoms with Crippen molar-refractivity contribution >= 4 is 11.8 Å². The van der Waals surface area contributed by atoms with E-state index in [1.165, 1.54) is 0 Å². The van der Waals surface area contributed by atoms with E-state index in [4.69, 9.17) is 4.74 Å². The fraction of sp³-hybridized carbons (Fsp3) is 0.857. The van der Waals surface area contributed by atoms with Crippen LogP contribution < -0.4 is 5.32 Å². The number of rotatable bonds is 4. The number of ether oxygens (including phenoxy) is 1. The van der Waals surface area contributed by atoms with Gasteiger partial charge in [-0.2, -0.15) is 0 Å². The van der Waals surface area contributed by atoms with Gasteiger partial charge in [0.25, 0.3) is 0 Å². The predicted octanol–water partition coefficient (Wildman–Crippen LogP) is 1.07. The Labute approximate surface area is 114 Å². The van der Waals surface area contributed by atoms with Gasteiger partial charge in [-0.25, -0.2) is 0 Å². The molecule has 2 rings (SSSR count). The standard InChI is InChI=1S/C14H24N2O3/c1-4-11-14(18)16(12(5-2)13(17)15-11)9-6-7-10(8-9)19-3/h9-12H,4-8H2,1-3H3,(H,15,17). The number of carbonyl (C=O) groups is 2. The van der Waals surface area contributed by atoms with Crippen LogP contribution in [0.4, 0.5) is 0 Å². The lowest BCUT2D eigenvalue weighted by Crippen LogP contribution is -2.65. The van der Waals surface area contributed by atoms with E-state index in [-0.39, 0.29) is 36.0 Å². The smallest absolute Gasteiger partial charge is 0.246 e. The molecule has 5 nitrogen and oxygen atoms in total. The SMILES string of the molecule is CCC1NC(=O)C(CC)N(C2CCC(OC)C2)C1=O. The van der Waals surface area contributed by atoms with Crippen molar-refractivity contribution in [2.75, 3.05) is 7.11 Å². The van der Waals surface area contributed by atoms with Gasteiger partial charge < -0.3 is 15.0 Å². The average Bonchev–Trinajstić information content (AvgIpc) is 2.88. The van der Waals surface area contributed by atoms with Crippen LogP contribution in [0.1, 0.15) is 46.0 Å². The molecular weight excluding hydrogens is 244 g/mol. The molecule has 108 valence electrons. The van der Waals surface area contributed by atoms with Crippen LogP contribution in [0.15, 0.2) is 0 Å². The molecule has 0 bridgehead atoms. The van der Waals surface area contributed by atoms with Gasteiger partial charge >= 0.3 is 0 Å². The van der Waals surface area contributed by atoms with Crippen molar-refractivity contribution in [3.05, 3.63) is 0 Å². The van der Waals surface area contributed by atoms with Crippen LogP contribution in [-0.4, -0.2) is 48.1 Å². The molecule has 19 heavy (non-hydrogen) atoms. The van der Waals surface area contributed by atoms with Gasteiger partial charge in [-0.15, -0.1) is 0 Å². The van der Waals surface area contributed by atoms with Gasteiger partial charge in [0, 0.05) is 13.2 Å². The Hall–Kier alpha value is -1.10. The molecule has 4 unspecified atom stereocenters. The molecule has 5 heteroatoms. The molecule has 1 saturated heterocycles. The first-order chi connectivity index (χ1) is 9.12. The summed E-state index contributed by atoms with van der Waals surface area (Å²) >= 11 is 0. The quantitative estimate of drug-likeness (QED) is 0.829. The van der Waals surface area contributed by atoms with Crippen LogP contribution in [0.5, 0.6) is 0 Å². The summed E-state index contributed by atoms with van der Waals surface area (Å²) in [6.45, 7) is 3.89. The van der Waals surface area contributed by atoms with E-state index >= 15 is 0 Å². The zero-order chi connectivity index (χ0) is 14.0. The van der Waals surface area contributed by atoms with E-state index in [0.29, 0.717) is 12.8 Å². The van der Waals surface area contributed by atoms with Crippen LogP contribution in [-0.2, 0) is 14.3 Å². The van der Waals surface area contributed by atoms with Crippen LogP contribution in [0.2, 0.25) is 0 Å². The summed E-state index contributed by atoms with van der Waals surface area (Å²) in [6, 6.07) is -0.504. The second-order valence-corrected chi connectivity index (χ2v) is 5.46. The molecule has 1 N–H and O–H groups in total. The molecule has 1 aliphatic heterocycles. The molecular formula is C14H24N2O3. The third kappa shape index (κ3) is 2.61. The highest BCUT2D eigenvalue weighted by Crippen LogP contribution is 2.30. The lowest BCUT2D eigenvalue weighted by Gasteiger charge is -2.42. The molecule has 4 atom stereocenters. The Bertz CT molecular complexity index is 359. The third-order valence-electron chi connectivity index (χ3n) is 4.39. The molecule has 2 aliphatic rings. The molecule has 1 aliphatic carbocycles. The number of amides is 2. The summed E-state index contributed by atoms with van der Waals surface area (Å²) in [5, 5.41) is 2.83. The van der Waals surface area contributed by atoms with Crippen LogP contribution in [0.3, 0.4) is 0 Å². The number of nitrogens with zero attached hydrogens (tertiary/aromatic N) is 1. The largest absolute Gasteiger partial charge is 0.381 e. The van der Waals surface area contributed by atoms with Gasteiger partial charge in [0.1, 0.15) is 12.1 Å².